The average Bonchev–Trinajstić information content (AvgIpc) is 3.25. The van der Waals surface area contributed by atoms with Crippen LogP contribution in [-0.2, 0) is 6.54 Å². The second-order valence-electron chi connectivity index (χ2n) is 6.84. The van der Waals surface area contributed by atoms with Gasteiger partial charge in [-0.05, 0) is 57.1 Å². The largest absolute Gasteiger partial charge is 0.302 e. The molecule has 0 aliphatic carbocycles. The van der Waals surface area contributed by atoms with Gasteiger partial charge in [0.15, 0.2) is 0 Å². The monoisotopic (exact) mass is 326 g/mol. The minimum atomic E-state index is 0.677. The lowest BCUT2D eigenvalue weighted by Gasteiger charge is -2.30. The molecule has 3 rings (SSSR count). The van der Waals surface area contributed by atoms with E-state index in [2.05, 4.69) is 53.9 Å². The number of likely N-dealkylation sites (tertiary alicyclic amines) is 1. The van der Waals surface area contributed by atoms with Gasteiger partial charge >= 0.3 is 0 Å². The first-order valence-corrected chi connectivity index (χ1v) is 9.27. The summed E-state index contributed by atoms with van der Waals surface area (Å²) in [6.07, 6.45) is 6.52. The van der Waals surface area contributed by atoms with Gasteiger partial charge in [0.1, 0.15) is 0 Å². The van der Waals surface area contributed by atoms with Gasteiger partial charge in [-0.25, -0.2) is 4.68 Å². The summed E-state index contributed by atoms with van der Waals surface area (Å²) in [6.45, 7) is 12.4. The number of rotatable bonds is 7. The minimum absolute atomic E-state index is 0.677. The van der Waals surface area contributed by atoms with E-state index < -0.39 is 0 Å². The van der Waals surface area contributed by atoms with Crippen molar-refractivity contribution in [3.05, 3.63) is 47.8 Å². The van der Waals surface area contributed by atoms with Crippen molar-refractivity contribution in [2.24, 2.45) is 0 Å². The third-order valence-corrected chi connectivity index (χ3v) is 5.22. The molecule has 24 heavy (non-hydrogen) atoms. The fourth-order valence-electron chi connectivity index (χ4n) is 3.78. The van der Waals surface area contributed by atoms with E-state index in [-0.39, 0.29) is 0 Å². The molecule has 1 atom stereocenters. The molecule has 4 nitrogen and oxygen atoms in total. The Balaban J connectivity index is 1.78. The minimum Gasteiger partial charge on any atom is -0.302 e. The van der Waals surface area contributed by atoms with E-state index in [0.29, 0.717) is 6.04 Å². The average molecular weight is 326 g/mol. The predicted octanol–water partition coefficient (Wildman–Crippen LogP) is 3.49. The molecular formula is C20H30N4. The Kier molecular flexibility index (Phi) is 5.69. The second kappa shape index (κ2) is 7.95. The highest BCUT2D eigenvalue weighted by molar-refractivity contribution is 5.42. The molecular weight excluding hydrogens is 296 g/mol. The molecule has 4 heteroatoms. The van der Waals surface area contributed by atoms with Crippen molar-refractivity contribution in [3.8, 4) is 5.69 Å². The summed E-state index contributed by atoms with van der Waals surface area (Å²) in [5.74, 6) is 0. The van der Waals surface area contributed by atoms with Crippen LogP contribution in [-0.4, -0.2) is 51.8 Å². The lowest BCUT2D eigenvalue weighted by Crippen LogP contribution is -2.40. The molecule has 2 heterocycles. The first-order chi connectivity index (χ1) is 11.7. The van der Waals surface area contributed by atoms with E-state index >= 15 is 0 Å². The molecule has 0 amide bonds. The quantitative estimate of drug-likeness (QED) is 0.778. The van der Waals surface area contributed by atoms with Crippen molar-refractivity contribution in [1.82, 2.24) is 19.6 Å². The molecule has 1 aliphatic rings. The van der Waals surface area contributed by atoms with Crippen LogP contribution in [0.15, 0.2) is 36.7 Å². The van der Waals surface area contributed by atoms with Crippen molar-refractivity contribution < 1.29 is 0 Å². The van der Waals surface area contributed by atoms with Crippen molar-refractivity contribution in [2.45, 2.75) is 46.2 Å². The van der Waals surface area contributed by atoms with Gasteiger partial charge in [0.25, 0.3) is 0 Å². The zero-order valence-corrected chi connectivity index (χ0v) is 15.3. The van der Waals surface area contributed by atoms with E-state index in [1.807, 2.05) is 23.1 Å². The van der Waals surface area contributed by atoms with E-state index in [4.69, 9.17) is 0 Å². The Morgan fingerprint density at radius 3 is 2.79 bits per heavy atom. The topological polar surface area (TPSA) is 24.3 Å². The van der Waals surface area contributed by atoms with Crippen LogP contribution in [0.2, 0.25) is 0 Å². The molecule has 0 radical (unpaired) electrons. The second-order valence-corrected chi connectivity index (χ2v) is 6.84. The highest BCUT2D eigenvalue weighted by Crippen LogP contribution is 2.24. The molecule has 1 aliphatic heterocycles. The smallest absolute Gasteiger partial charge is 0.0690 e. The predicted molar refractivity (Wildman–Crippen MR) is 99.5 cm³/mol. The van der Waals surface area contributed by atoms with Gasteiger partial charge in [0.2, 0.25) is 0 Å². The van der Waals surface area contributed by atoms with Crippen LogP contribution in [0.3, 0.4) is 0 Å². The first kappa shape index (κ1) is 17.2. The van der Waals surface area contributed by atoms with Gasteiger partial charge < -0.3 is 4.90 Å². The normalized spacial score (nSPS) is 18.6. The maximum atomic E-state index is 4.44. The Hall–Kier alpha value is -1.65. The zero-order chi connectivity index (χ0) is 16.9. The summed E-state index contributed by atoms with van der Waals surface area (Å²) < 4.78 is 1.99. The van der Waals surface area contributed by atoms with E-state index in [0.717, 1.165) is 19.6 Å². The molecule has 0 unspecified atom stereocenters. The van der Waals surface area contributed by atoms with Crippen LogP contribution in [0.5, 0.6) is 0 Å². The number of hydrogen-bond donors (Lipinski definition) is 0. The van der Waals surface area contributed by atoms with E-state index in [1.165, 1.54) is 42.7 Å². The maximum Gasteiger partial charge on any atom is 0.0690 e. The summed E-state index contributed by atoms with van der Waals surface area (Å²) in [7, 11) is 0. The molecule has 0 bridgehead atoms. The first-order valence-electron chi connectivity index (χ1n) is 9.27. The van der Waals surface area contributed by atoms with Gasteiger partial charge in [-0.3, -0.25) is 4.90 Å². The van der Waals surface area contributed by atoms with Gasteiger partial charge in [-0.1, -0.05) is 31.5 Å². The van der Waals surface area contributed by atoms with Crippen molar-refractivity contribution in [3.63, 3.8) is 0 Å². The summed E-state index contributed by atoms with van der Waals surface area (Å²) in [6, 6.07) is 9.37. The van der Waals surface area contributed by atoms with Crippen LogP contribution in [0.4, 0.5) is 0 Å². The van der Waals surface area contributed by atoms with E-state index in [9.17, 15) is 0 Å². The SMILES string of the molecule is CCN(CC)C[C@H]1CCCN1Cc1cc(C)ccc1-n1cccn1. The van der Waals surface area contributed by atoms with Gasteiger partial charge in [0.05, 0.1) is 5.69 Å². The fourth-order valence-corrected chi connectivity index (χ4v) is 3.78. The number of aryl methyl sites for hydroxylation is 1. The Morgan fingerprint density at radius 1 is 1.25 bits per heavy atom. The van der Waals surface area contributed by atoms with Crippen molar-refractivity contribution in [2.75, 3.05) is 26.2 Å². The Labute approximate surface area is 146 Å². The standard InChI is InChI=1S/C20H30N4/c1-4-22(5-2)16-19-8-6-12-23(19)15-18-14-17(3)9-10-20(18)24-13-7-11-21-24/h7,9-11,13-14,19H,4-6,8,12,15-16H2,1-3H3/t19-/m1/s1. The number of nitrogens with zero attached hydrogens (tertiary/aromatic N) is 4. The van der Waals surface area contributed by atoms with Crippen LogP contribution in [0.1, 0.15) is 37.8 Å². The number of hydrogen-bond acceptors (Lipinski definition) is 3. The highest BCUT2D eigenvalue weighted by atomic mass is 15.3. The van der Waals surface area contributed by atoms with E-state index in [1.54, 1.807) is 0 Å². The molecule has 1 saturated heterocycles. The lowest BCUT2D eigenvalue weighted by atomic mass is 10.1. The third-order valence-electron chi connectivity index (χ3n) is 5.22. The number of likely N-dealkylation sites (N-methyl/N-ethyl adjacent to an activating group) is 1. The summed E-state index contributed by atoms with van der Waals surface area (Å²) in [5.41, 5.74) is 3.91. The summed E-state index contributed by atoms with van der Waals surface area (Å²) in [4.78, 5) is 5.22. The van der Waals surface area contributed by atoms with Gasteiger partial charge in [-0.2, -0.15) is 5.10 Å². The van der Waals surface area contributed by atoms with Crippen LogP contribution in [0, 0.1) is 6.92 Å². The van der Waals surface area contributed by atoms with Crippen LogP contribution < -0.4 is 0 Å². The molecule has 1 aromatic heterocycles. The maximum absolute atomic E-state index is 4.44. The molecule has 0 saturated carbocycles. The Morgan fingerprint density at radius 2 is 2.08 bits per heavy atom. The van der Waals surface area contributed by atoms with Gasteiger partial charge in [-0.15, -0.1) is 0 Å². The van der Waals surface area contributed by atoms with Crippen molar-refractivity contribution >= 4 is 0 Å². The molecule has 130 valence electrons. The van der Waals surface area contributed by atoms with Gasteiger partial charge in [0, 0.05) is 31.5 Å². The van der Waals surface area contributed by atoms with Crippen molar-refractivity contribution in [1.29, 1.82) is 0 Å². The molecule has 0 N–H and O–H groups in total. The molecule has 2 aromatic rings. The Bertz CT molecular complexity index is 631. The zero-order valence-electron chi connectivity index (χ0n) is 15.3. The lowest BCUT2D eigenvalue weighted by molar-refractivity contribution is 0.175. The number of aromatic nitrogens is 2. The highest BCUT2D eigenvalue weighted by Gasteiger charge is 2.26. The summed E-state index contributed by atoms with van der Waals surface area (Å²) >= 11 is 0. The van der Waals surface area contributed by atoms with Crippen LogP contribution >= 0.6 is 0 Å². The molecule has 1 aromatic carbocycles. The number of benzene rings is 1. The third kappa shape index (κ3) is 3.87. The summed E-state index contributed by atoms with van der Waals surface area (Å²) in [5, 5.41) is 4.44. The molecule has 0 spiro atoms. The fraction of sp³-hybridized carbons (Fsp3) is 0.550. The molecule has 1 fully saturated rings. The van der Waals surface area contributed by atoms with Crippen LogP contribution in [0.25, 0.3) is 5.69 Å².